The van der Waals surface area contributed by atoms with Crippen molar-refractivity contribution in [2.75, 3.05) is 6.54 Å². The van der Waals surface area contributed by atoms with E-state index >= 15 is 0 Å². The van der Waals surface area contributed by atoms with Crippen molar-refractivity contribution >= 4 is 0 Å². The van der Waals surface area contributed by atoms with Crippen molar-refractivity contribution in [3.8, 4) is 0 Å². The van der Waals surface area contributed by atoms with Gasteiger partial charge in [0.25, 0.3) is 0 Å². The van der Waals surface area contributed by atoms with E-state index in [1.807, 2.05) is 6.07 Å². The molecular formula is C14H20FNO. The largest absolute Gasteiger partial charge is 0.369 e. The maximum Gasteiger partial charge on any atom is 0.123 e. The van der Waals surface area contributed by atoms with Crippen LogP contribution in [-0.4, -0.2) is 12.1 Å². The third-order valence-corrected chi connectivity index (χ3v) is 3.62. The molecule has 0 bridgehead atoms. The van der Waals surface area contributed by atoms with E-state index in [0.717, 1.165) is 18.4 Å². The molecule has 1 fully saturated rings. The topological polar surface area (TPSA) is 35.2 Å². The van der Waals surface area contributed by atoms with E-state index in [4.69, 9.17) is 10.5 Å². The average Bonchev–Trinajstić information content (AvgIpc) is 2.70. The third kappa shape index (κ3) is 3.05. The maximum atomic E-state index is 13.0. The smallest absolute Gasteiger partial charge is 0.123 e. The molecule has 0 saturated heterocycles. The average molecular weight is 237 g/mol. The number of nitrogens with two attached hydrogens (primary N) is 1. The van der Waals surface area contributed by atoms with E-state index in [1.54, 1.807) is 6.07 Å². The molecule has 1 aromatic rings. The Bertz CT molecular complexity index is 382. The molecule has 1 aromatic carbocycles. The summed E-state index contributed by atoms with van der Waals surface area (Å²) in [6.45, 7) is 3.22. The summed E-state index contributed by atoms with van der Waals surface area (Å²) in [4.78, 5) is 0. The first-order chi connectivity index (χ1) is 8.13. The highest BCUT2D eigenvalue weighted by atomic mass is 19.1. The molecule has 3 heteroatoms. The Morgan fingerprint density at radius 1 is 1.53 bits per heavy atom. The van der Waals surface area contributed by atoms with E-state index in [0.29, 0.717) is 19.1 Å². The van der Waals surface area contributed by atoms with E-state index in [-0.39, 0.29) is 11.4 Å². The normalized spacial score (nSPS) is 28.5. The minimum absolute atomic E-state index is 0.189. The maximum absolute atomic E-state index is 13.0. The number of ether oxygens (including phenoxy) is 1. The lowest BCUT2D eigenvalue weighted by atomic mass is 10.0. The Morgan fingerprint density at radius 2 is 2.35 bits per heavy atom. The van der Waals surface area contributed by atoms with Gasteiger partial charge in [-0.15, -0.1) is 0 Å². The molecule has 2 nitrogen and oxygen atoms in total. The fourth-order valence-corrected chi connectivity index (χ4v) is 2.59. The lowest BCUT2D eigenvalue weighted by Gasteiger charge is -2.28. The summed E-state index contributed by atoms with van der Waals surface area (Å²) in [6, 6.07) is 6.55. The van der Waals surface area contributed by atoms with Crippen LogP contribution in [0.3, 0.4) is 0 Å². The zero-order chi connectivity index (χ0) is 12.3. The molecule has 1 saturated carbocycles. The summed E-state index contributed by atoms with van der Waals surface area (Å²) in [7, 11) is 0. The van der Waals surface area contributed by atoms with Crippen LogP contribution in [0.2, 0.25) is 0 Å². The van der Waals surface area contributed by atoms with Crippen molar-refractivity contribution in [3.05, 3.63) is 35.6 Å². The highest BCUT2D eigenvalue weighted by Gasteiger charge is 2.37. The summed E-state index contributed by atoms with van der Waals surface area (Å²) in [5.74, 6) is 0.457. The van der Waals surface area contributed by atoms with Gasteiger partial charge in [-0.1, -0.05) is 19.1 Å². The summed E-state index contributed by atoms with van der Waals surface area (Å²) in [5, 5.41) is 0. The van der Waals surface area contributed by atoms with Crippen LogP contribution in [-0.2, 0) is 11.3 Å². The Hall–Kier alpha value is -0.930. The van der Waals surface area contributed by atoms with Crippen molar-refractivity contribution in [1.82, 2.24) is 0 Å². The van der Waals surface area contributed by atoms with Gasteiger partial charge < -0.3 is 10.5 Å². The quantitative estimate of drug-likeness (QED) is 0.874. The van der Waals surface area contributed by atoms with Gasteiger partial charge in [-0.3, -0.25) is 0 Å². The van der Waals surface area contributed by atoms with Crippen molar-refractivity contribution in [2.45, 2.75) is 38.4 Å². The summed E-state index contributed by atoms with van der Waals surface area (Å²) in [5.41, 5.74) is 6.51. The second-order valence-corrected chi connectivity index (χ2v) is 5.15. The van der Waals surface area contributed by atoms with Crippen LogP contribution >= 0.6 is 0 Å². The monoisotopic (exact) mass is 237 g/mol. The van der Waals surface area contributed by atoms with E-state index in [2.05, 4.69) is 6.92 Å². The van der Waals surface area contributed by atoms with Gasteiger partial charge in [-0.05, 0) is 42.9 Å². The summed E-state index contributed by atoms with van der Waals surface area (Å²) in [6.07, 6.45) is 3.19. The second-order valence-electron chi connectivity index (χ2n) is 5.15. The van der Waals surface area contributed by atoms with E-state index < -0.39 is 0 Å². The standard InChI is InChI=1S/C14H20FNO/c1-11-5-6-14(8-11,10-16)17-9-12-3-2-4-13(15)7-12/h2-4,7,11H,5-6,8-10,16H2,1H3. The molecule has 2 rings (SSSR count). The van der Waals surface area contributed by atoms with Crippen molar-refractivity contribution in [2.24, 2.45) is 11.7 Å². The highest BCUT2D eigenvalue weighted by Crippen LogP contribution is 2.37. The van der Waals surface area contributed by atoms with Crippen molar-refractivity contribution in [1.29, 1.82) is 0 Å². The molecule has 17 heavy (non-hydrogen) atoms. The minimum atomic E-state index is -0.215. The van der Waals surface area contributed by atoms with Gasteiger partial charge in [-0.25, -0.2) is 4.39 Å². The zero-order valence-corrected chi connectivity index (χ0v) is 10.3. The van der Waals surface area contributed by atoms with Gasteiger partial charge in [0.05, 0.1) is 12.2 Å². The zero-order valence-electron chi connectivity index (χ0n) is 10.3. The van der Waals surface area contributed by atoms with Crippen LogP contribution in [0, 0.1) is 11.7 Å². The minimum Gasteiger partial charge on any atom is -0.369 e. The number of hydrogen-bond donors (Lipinski definition) is 1. The second kappa shape index (κ2) is 5.15. The molecule has 0 amide bonds. The van der Waals surface area contributed by atoms with Crippen LogP contribution in [0.15, 0.2) is 24.3 Å². The third-order valence-electron chi connectivity index (χ3n) is 3.62. The van der Waals surface area contributed by atoms with Gasteiger partial charge in [-0.2, -0.15) is 0 Å². The first-order valence-electron chi connectivity index (χ1n) is 6.22. The predicted octanol–water partition coefficient (Wildman–Crippen LogP) is 2.86. The number of hydrogen-bond acceptors (Lipinski definition) is 2. The van der Waals surface area contributed by atoms with E-state index in [1.165, 1.54) is 18.6 Å². The first kappa shape index (κ1) is 12.5. The van der Waals surface area contributed by atoms with Crippen LogP contribution < -0.4 is 5.73 Å². The molecule has 94 valence electrons. The Kier molecular flexibility index (Phi) is 3.79. The molecule has 2 N–H and O–H groups in total. The first-order valence-corrected chi connectivity index (χ1v) is 6.22. The van der Waals surface area contributed by atoms with E-state index in [9.17, 15) is 4.39 Å². The van der Waals surface area contributed by atoms with Crippen molar-refractivity contribution in [3.63, 3.8) is 0 Å². The molecule has 0 aromatic heterocycles. The predicted molar refractivity (Wildman–Crippen MR) is 66.0 cm³/mol. The molecule has 0 heterocycles. The molecule has 1 aliphatic carbocycles. The van der Waals surface area contributed by atoms with Gasteiger partial charge in [0.15, 0.2) is 0 Å². The SMILES string of the molecule is CC1CCC(CN)(OCc2cccc(F)c2)C1. The molecule has 2 atom stereocenters. The molecule has 0 spiro atoms. The highest BCUT2D eigenvalue weighted by molar-refractivity contribution is 5.15. The Morgan fingerprint density at radius 3 is 2.94 bits per heavy atom. The van der Waals surface area contributed by atoms with Gasteiger partial charge in [0, 0.05) is 6.54 Å². The lowest BCUT2D eigenvalue weighted by Crippen LogP contribution is -2.38. The van der Waals surface area contributed by atoms with Crippen LogP contribution in [0.5, 0.6) is 0 Å². The van der Waals surface area contributed by atoms with Crippen LogP contribution in [0.4, 0.5) is 4.39 Å². The number of halogens is 1. The summed E-state index contributed by atoms with van der Waals surface area (Å²) >= 11 is 0. The summed E-state index contributed by atoms with van der Waals surface area (Å²) < 4.78 is 19.0. The molecule has 1 aliphatic rings. The van der Waals surface area contributed by atoms with Gasteiger partial charge in [0.1, 0.15) is 5.82 Å². The molecule has 0 radical (unpaired) electrons. The Balaban J connectivity index is 1.97. The molecule has 2 unspecified atom stereocenters. The molecule has 0 aliphatic heterocycles. The molecular weight excluding hydrogens is 217 g/mol. The number of benzene rings is 1. The lowest BCUT2D eigenvalue weighted by molar-refractivity contribution is -0.0471. The number of rotatable bonds is 4. The van der Waals surface area contributed by atoms with Crippen LogP contribution in [0.25, 0.3) is 0 Å². The fraction of sp³-hybridized carbons (Fsp3) is 0.571. The van der Waals surface area contributed by atoms with Gasteiger partial charge >= 0.3 is 0 Å². The van der Waals surface area contributed by atoms with Gasteiger partial charge in [0.2, 0.25) is 0 Å². The van der Waals surface area contributed by atoms with Crippen molar-refractivity contribution < 1.29 is 9.13 Å². The Labute approximate surface area is 102 Å². The fourth-order valence-electron chi connectivity index (χ4n) is 2.59. The van der Waals surface area contributed by atoms with Crippen LogP contribution in [0.1, 0.15) is 31.7 Å².